The second kappa shape index (κ2) is 8.74. The fourth-order valence-electron chi connectivity index (χ4n) is 4.02. The summed E-state index contributed by atoms with van der Waals surface area (Å²) in [4.78, 5) is 31.0. The van der Waals surface area contributed by atoms with E-state index in [1.807, 2.05) is 41.1 Å². The van der Waals surface area contributed by atoms with Crippen LogP contribution in [0.25, 0.3) is 0 Å². The molecule has 1 aromatic heterocycles. The second-order valence-corrected chi connectivity index (χ2v) is 8.00. The summed E-state index contributed by atoms with van der Waals surface area (Å²) in [6, 6.07) is 13.5. The Bertz CT molecular complexity index is 1110. The predicted molar refractivity (Wildman–Crippen MR) is 118 cm³/mol. The number of carbonyl (C=O) groups is 2. The van der Waals surface area contributed by atoms with Crippen LogP contribution in [0.1, 0.15) is 17.5 Å². The Kier molecular flexibility index (Phi) is 5.49. The van der Waals surface area contributed by atoms with Crippen molar-refractivity contribution in [1.29, 1.82) is 0 Å². The zero-order valence-corrected chi connectivity index (χ0v) is 17.6. The zero-order valence-electron chi connectivity index (χ0n) is 17.6. The lowest BCUT2D eigenvalue weighted by molar-refractivity contribution is -0.126. The van der Waals surface area contributed by atoms with Crippen LogP contribution in [0.5, 0.6) is 11.5 Å². The smallest absolute Gasteiger partial charge is 0.227 e. The van der Waals surface area contributed by atoms with Crippen LogP contribution in [-0.2, 0) is 22.7 Å². The number of carbonyl (C=O) groups excluding carboxylic acids is 2. The molecule has 2 aliphatic rings. The number of imidazole rings is 1. The standard InChI is InChI=1S/C24H24N4O4/c29-23-11-19(15-28(23)20-5-6-21-22(12-20)32-10-9-31-21)24(30)26-13-17-1-3-18(4-2-17)14-27-8-7-25-16-27/h1-8,12,16,19H,9-11,13-15H2,(H,26,30)/t19-/m0/s1. The molecule has 2 aliphatic heterocycles. The largest absolute Gasteiger partial charge is 0.486 e. The average Bonchev–Trinajstić information content (AvgIpc) is 3.48. The highest BCUT2D eigenvalue weighted by Crippen LogP contribution is 2.36. The van der Waals surface area contributed by atoms with Gasteiger partial charge in [-0.3, -0.25) is 9.59 Å². The number of aromatic nitrogens is 2. The van der Waals surface area contributed by atoms with Crippen molar-refractivity contribution in [3.63, 3.8) is 0 Å². The molecule has 3 heterocycles. The van der Waals surface area contributed by atoms with E-state index in [4.69, 9.17) is 9.47 Å². The van der Waals surface area contributed by atoms with Crippen LogP contribution >= 0.6 is 0 Å². The Morgan fingerprint density at radius 1 is 1.06 bits per heavy atom. The molecule has 1 saturated heterocycles. The first kappa shape index (κ1) is 20.1. The molecule has 0 bridgehead atoms. The van der Waals surface area contributed by atoms with Crippen molar-refractivity contribution in [2.24, 2.45) is 5.92 Å². The second-order valence-electron chi connectivity index (χ2n) is 8.00. The molecule has 0 unspecified atom stereocenters. The van der Waals surface area contributed by atoms with E-state index in [0.29, 0.717) is 37.8 Å². The first-order valence-corrected chi connectivity index (χ1v) is 10.7. The van der Waals surface area contributed by atoms with Gasteiger partial charge in [-0.15, -0.1) is 0 Å². The molecule has 3 aromatic rings. The Morgan fingerprint density at radius 3 is 2.62 bits per heavy atom. The quantitative estimate of drug-likeness (QED) is 0.646. The highest BCUT2D eigenvalue weighted by Gasteiger charge is 2.35. The molecule has 0 spiro atoms. The fraction of sp³-hybridized carbons (Fsp3) is 0.292. The SMILES string of the molecule is O=C(NCc1ccc(Cn2ccnc2)cc1)[C@H]1CC(=O)N(c2ccc3c(c2)OCCO3)C1. The van der Waals surface area contributed by atoms with E-state index in [1.54, 1.807) is 29.6 Å². The van der Waals surface area contributed by atoms with E-state index in [0.717, 1.165) is 23.4 Å². The summed E-state index contributed by atoms with van der Waals surface area (Å²) >= 11 is 0. The van der Waals surface area contributed by atoms with Gasteiger partial charge in [0.2, 0.25) is 11.8 Å². The molecule has 0 saturated carbocycles. The maximum Gasteiger partial charge on any atom is 0.227 e. The normalized spacial score (nSPS) is 17.4. The van der Waals surface area contributed by atoms with Crippen LogP contribution in [-0.4, -0.2) is 41.1 Å². The van der Waals surface area contributed by atoms with Gasteiger partial charge in [0.25, 0.3) is 0 Å². The minimum absolute atomic E-state index is 0.0642. The molecule has 2 amide bonds. The summed E-state index contributed by atoms with van der Waals surface area (Å²) in [5.74, 6) is 0.755. The third kappa shape index (κ3) is 4.30. The van der Waals surface area contributed by atoms with Crippen LogP contribution in [0.4, 0.5) is 5.69 Å². The van der Waals surface area contributed by atoms with Crippen LogP contribution in [0.3, 0.4) is 0 Å². The molecule has 32 heavy (non-hydrogen) atoms. The number of fused-ring (bicyclic) bond motifs is 1. The molecule has 1 atom stereocenters. The van der Waals surface area contributed by atoms with E-state index in [2.05, 4.69) is 10.3 Å². The molecule has 8 nitrogen and oxygen atoms in total. The van der Waals surface area contributed by atoms with Crippen molar-refractivity contribution in [2.75, 3.05) is 24.7 Å². The summed E-state index contributed by atoms with van der Waals surface area (Å²) in [6.07, 6.45) is 5.66. The molecule has 2 aromatic carbocycles. The molecule has 8 heteroatoms. The summed E-state index contributed by atoms with van der Waals surface area (Å²) in [5, 5.41) is 2.97. The van der Waals surface area contributed by atoms with Gasteiger partial charge in [-0.05, 0) is 23.3 Å². The lowest BCUT2D eigenvalue weighted by atomic mass is 10.1. The third-order valence-electron chi connectivity index (χ3n) is 5.75. The molecular formula is C24H24N4O4. The predicted octanol–water partition coefficient (Wildman–Crippen LogP) is 2.37. The molecule has 5 rings (SSSR count). The van der Waals surface area contributed by atoms with Crippen LogP contribution < -0.4 is 19.7 Å². The number of hydrogen-bond acceptors (Lipinski definition) is 5. The van der Waals surface area contributed by atoms with E-state index < -0.39 is 0 Å². The van der Waals surface area contributed by atoms with Crippen molar-refractivity contribution < 1.29 is 19.1 Å². The Morgan fingerprint density at radius 2 is 1.84 bits per heavy atom. The maximum atomic E-state index is 12.7. The molecule has 0 aliphatic carbocycles. The van der Waals surface area contributed by atoms with Gasteiger partial charge in [-0.25, -0.2) is 4.98 Å². The Hall–Kier alpha value is -3.81. The molecule has 0 radical (unpaired) electrons. The Balaban J connectivity index is 1.16. The summed E-state index contributed by atoms with van der Waals surface area (Å²) < 4.78 is 13.2. The summed E-state index contributed by atoms with van der Waals surface area (Å²) in [5.41, 5.74) is 2.90. The van der Waals surface area contributed by atoms with Gasteiger partial charge in [0.1, 0.15) is 13.2 Å². The van der Waals surface area contributed by atoms with E-state index in [1.165, 1.54) is 0 Å². The summed E-state index contributed by atoms with van der Waals surface area (Å²) in [6.45, 7) is 2.55. The van der Waals surface area contributed by atoms with Crippen molar-refractivity contribution in [1.82, 2.24) is 14.9 Å². The number of amides is 2. The zero-order chi connectivity index (χ0) is 21.9. The number of rotatable bonds is 6. The highest BCUT2D eigenvalue weighted by molar-refractivity contribution is 6.00. The first-order valence-electron chi connectivity index (χ1n) is 10.7. The minimum atomic E-state index is -0.379. The van der Waals surface area contributed by atoms with Gasteiger partial charge >= 0.3 is 0 Å². The van der Waals surface area contributed by atoms with Crippen molar-refractivity contribution in [3.8, 4) is 11.5 Å². The van der Waals surface area contributed by atoms with Crippen molar-refractivity contribution in [3.05, 3.63) is 72.3 Å². The van der Waals surface area contributed by atoms with Gasteiger partial charge < -0.3 is 24.3 Å². The fourth-order valence-corrected chi connectivity index (χ4v) is 4.02. The van der Waals surface area contributed by atoms with Gasteiger partial charge in [-0.2, -0.15) is 0 Å². The number of anilines is 1. The van der Waals surface area contributed by atoms with Gasteiger partial charge in [-0.1, -0.05) is 24.3 Å². The van der Waals surface area contributed by atoms with Gasteiger partial charge in [0.05, 0.1) is 12.2 Å². The molecule has 164 valence electrons. The third-order valence-corrected chi connectivity index (χ3v) is 5.75. The molecule has 1 fully saturated rings. The molecular weight excluding hydrogens is 408 g/mol. The lowest BCUT2D eigenvalue weighted by Crippen LogP contribution is -2.32. The van der Waals surface area contributed by atoms with E-state index in [-0.39, 0.29) is 24.2 Å². The topological polar surface area (TPSA) is 85.7 Å². The van der Waals surface area contributed by atoms with Crippen molar-refractivity contribution in [2.45, 2.75) is 19.5 Å². The lowest BCUT2D eigenvalue weighted by Gasteiger charge is -2.22. The Labute approximate surface area is 185 Å². The number of ether oxygens (including phenoxy) is 2. The number of hydrogen-bond donors (Lipinski definition) is 1. The van der Waals surface area contributed by atoms with Crippen LogP contribution in [0.15, 0.2) is 61.2 Å². The van der Waals surface area contributed by atoms with Crippen LogP contribution in [0.2, 0.25) is 0 Å². The number of nitrogens with one attached hydrogen (secondary N) is 1. The van der Waals surface area contributed by atoms with Gasteiger partial charge in [0.15, 0.2) is 11.5 Å². The van der Waals surface area contributed by atoms with Crippen LogP contribution in [0, 0.1) is 5.92 Å². The summed E-state index contributed by atoms with van der Waals surface area (Å²) in [7, 11) is 0. The molecule has 1 N–H and O–H groups in total. The number of benzene rings is 2. The van der Waals surface area contributed by atoms with E-state index in [9.17, 15) is 9.59 Å². The first-order chi connectivity index (χ1) is 15.7. The number of nitrogens with zero attached hydrogens (tertiary/aromatic N) is 3. The van der Waals surface area contributed by atoms with Gasteiger partial charge in [0, 0.05) is 50.2 Å². The maximum absolute atomic E-state index is 12.7. The average molecular weight is 432 g/mol. The minimum Gasteiger partial charge on any atom is -0.486 e. The monoisotopic (exact) mass is 432 g/mol. The van der Waals surface area contributed by atoms with Crippen molar-refractivity contribution >= 4 is 17.5 Å². The highest BCUT2D eigenvalue weighted by atomic mass is 16.6. The van der Waals surface area contributed by atoms with E-state index >= 15 is 0 Å².